The summed E-state index contributed by atoms with van der Waals surface area (Å²) in [5, 5.41) is 9.88. The normalized spacial score (nSPS) is 14.2. The molecule has 0 aliphatic carbocycles. The maximum atomic E-state index is 12.5. The average Bonchev–Trinajstić information content (AvgIpc) is 2.89. The van der Waals surface area contributed by atoms with Gasteiger partial charge in [-0.3, -0.25) is 4.79 Å². The molecular weight excluding hydrogens is 472 g/mol. The van der Waals surface area contributed by atoms with Crippen LogP contribution in [0.3, 0.4) is 0 Å². The molecule has 0 spiro atoms. The molecule has 2 N–H and O–H groups in total. The van der Waals surface area contributed by atoms with E-state index >= 15 is 0 Å². The van der Waals surface area contributed by atoms with E-state index in [1.54, 1.807) is 37.4 Å². The molecule has 0 bridgehead atoms. The van der Waals surface area contributed by atoms with Gasteiger partial charge in [-0.2, -0.15) is 5.26 Å². The number of methoxy groups -OCH3 is 1. The molecule has 8 heteroatoms. The lowest BCUT2D eigenvalue weighted by Crippen LogP contribution is -2.21. The number of hydrogen-bond acceptors (Lipinski definition) is 8. The second kappa shape index (κ2) is 11.4. The lowest BCUT2D eigenvalue weighted by Gasteiger charge is -2.27. The largest absolute Gasteiger partial charge is 0.497 e. The van der Waals surface area contributed by atoms with Crippen LogP contribution in [0.5, 0.6) is 28.7 Å². The molecule has 1 unspecified atom stereocenters. The number of ether oxygens (including phenoxy) is 5. The first-order chi connectivity index (χ1) is 18.0. The van der Waals surface area contributed by atoms with Crippen molar-refractivity contribution in [3.05, 3.63) is 88.8 Å². The van der Waals surface area contributed by atoms with Crippen molar-refractivity contribution in [3.8, 4) is 34.8 Å². The third-order valence-electron chi connectivity index (χ3n) is 5.83. The Morgan fingerprint density at radius 3 is 2.35 bits per heavy atom. The number of hydrogen-bond donors (Lipinski definition) is 1. The number of benzene rings is 3. The van der Waals surface area contributed by atoms with Gasteiger partial charge in [0.05, 0.1) is 32.7 Å². The van der Waals surface area contributed by atoms with Crippen LogP contribution in [0.25, 0.3) is 0 Å². The van der Waals surface area contributed by atoms with Gasteiger partial charge in [-0.15, -0.1) is 0 Å². The smallest absolute Gasteiger partial charge is 0.315 e. The molecular formula is C29H28N2O6. The number of nitrogens with two attached hydrogens (primary N) is 1. The van der Waals surface area contributed by atoms with Crippen molar-refractivity contribution in [2.24, 2.45) is 5.73 Å². The predicted molar refractivity (Wildman–Crippen MR) is 137 cm³/mol. The van der Waals surface area contributed by atoms with Gasteiger partial charge in [-0.1, -0.05) is 24.3 Å². The van der Waals surface area contributed by atoms with Crippen LogP contribution in [0.15, 0.2) is 72.1 Å². The quantitative estimate of drug-likeness (QED) is 0.327. The summed E-state index contributed by atoms with van der Waals surface area (Å²) in [5.74, 6) is 1.70. The van der Waals surface area contributed by atoms with Crippen molar-refractivity contribution in [3.63, 3.8) is 0 Å². The highest BCUT2D eigenvalue weighted by Gasteiger charge is 2.31. The Labute approximate surface area is 215 Å². The number of allylic oxidation sites excluding steroid dienone is 1. The van der Waals surface area contributed by atoms with E-state index in [2.05, 4.69) is 6.07 Å². The maximum absolute atomic E-state index is 12.5. The van der Waals surface area contributed by atoms with Crippen molar-refractivity contribution in [1.82, 2.24) is 0 Å². The highest BCUT2D eigenvalue weighted by Crippen LogP contribution is 2.45. The predicted octanol–water partition coefficient (Wildman–Crippen LogP) is 4.86. The fraction of sp³-hybridized carbons (Fsp3) is 0.241. The summed E-state index contributed by atoms with van der Waals surface area (Å²) in [4.78, 5) is 12.5. The SMILES string of the molecule is CCOc1ccc(C2C(C#N)=C(N)Oc3cc(OC(=O)Cc4ccc(OC)cc4)ccc32)cc1OCC. The van der Waals surface area contributed by atoms with Gasteiger partial charge in [0.25, 0.3) is 0 Å². The molecule has 4 rings (SSSR count). The Kier molecular flexibility index (Phi) is 7.84. The molecule has 0 fully saturated rings. The summed E-state index contributed by atoms with van der Waals surface area (Å²) < 4.78 is 27.9. The minimum atomic E-state index is -0.493. The Balaban J connectivity index is 1.62. The van der Waals surface area contributed by atoms with E-state index in [-0.39, 0.29) is 17.9 Å². The summed E-state index contributed by atoms with van der Waals surface area (Å²) in [7, 11) is 1.58. The van der Waals surface area contributed by atoms with Crippen LogP contribution >= 0.6 is 0 Å². The zero-order valence-corrected chi connectivity index (χ0v) is 20.9. The van der Waals surface area contributed by atoms with Crippen molar-refractivity contribution < 1.29 is 28.5 Å². The minimum Gasteiger partial charge on any atom is -0.497 e. The topological polar surface area (TPSA) is 113 Å². The molecule has 1 heterocycles. The molecule has 0 amide bonds. The van der Waals surface area contributed by atoms with E-state index in [4.69, 9.17) is 29.4 Å². The minimum absolute atomic E-state index is 0.00597. The van der Waals surface area contributed by atoms with Gasteiger partial charge in [0.2, 0.25) is 5.88 Å². The maximum Gasteiger partial charge on any atom is 0.315 e. The summed E-state index contributed by atoms with van der Waals surface area (Å²) in [5.41, 5.74) is 8.73. The molecule has 3 aromatic carbocycles. The summed E-state index contributed by atoms with van der Waals surface area (Å²) in [6, 6.07) is 20.0. The van der Waals surface area contributed by atoms with Gasteiger partial charge < -0.3 is 29.4 Å². The fourth-order valence-electron chi connectivity index (χ4n) is 4.17. The molecule has 3 aromatic rings. The molecule has 190 valence electrons. The monoisotopic (exact) mass is 500 g/mol. The number of nitriles is 1. The van der Waals surface area contributed by atoms with Gasteiger partial charge >= 0.3 is 5.97 Å². The molecule has 0 saturated heterocycles. The summed E-state index contributed by atoms with van der Waals surface area (Å²) in [6.45, 7) is 4.75. The Hall–Kier alpha value is -4.64. The second-order valence-corrected chi connectivity index (χ2v) is 8.20. The number of rotatable bonds is 9. The Bertz CT molecular complexity index is 1360. The van der Waals surface area contributed by atoms with Gasteiger partial charge in [0.1, 0.15) is 28.9 Å². The van der Waals surface area contributed by atoms with E-state index in [9.17, 15) is 10.1 Å². The number of fused-ring (bicyclic) bond motifs is 1. The summed E-state index contributed by atoms with van der Waals surface area (Å²) >= 11 is 0. The van der Waals surface area contributed by atoms with E-state index in [0.717, 1.165) is 11.1 Å². The highest BCUT2D eigenvalue weighted by atomic mass is 16.5. The lowest BCUT2D eigenvalue weighted by molar-refractivity contribution is -0.133. The van der Waals surface area contributed by atoms with Gasteiger partial charge in [-0.05, 0) is 55.3 Å². The van der Waals surface area contributed by atoms with Crippen molar-refractivity contribution in [1.29, 1.82) is 5.26 Å². The number of esters is 1. The molecule has 0 radical (unpaired) electrons. The number of nitrogens with zero attached hydrogens (tertiary/aromatic N) is 1. The second-order valence-electron chi connectivity index (χ2n) is 8.20. The van der Waals surface area contributed by atoms with Crippen LogP contribution in [0.2, 0.25) is 0 Å². The van der Waals surface area contributed by atoms with E-state index < -0.39 is 11.9 Å². The van der Waals surface area contributed by atoms with Crippen LogP contribution in [-0.4, -0.2) is 26.3 Å². The third-order valence-corrected chi connectivity index (χ3v) is 5.83. The van der Waals surface area contributed by atoms with Crippen LogP contribution in [0.1, 0.15) is 36.5 Å². The molecule has 8 nitrogen and oxygen atoms in total. The van der Waals surface area contributed by atoms with Crippen LogP contribution < -0.4 is 29.4 Å². The molecule has 1 aliphatic heterocycles. The van der Waals surface area contributed by atoms with Crippen LogP contribution in [-0.2, 0) is 11.2 Å². The zero-order valence-electron chi connectivity index (χ0n) is 20.9. The zero-order chi connectivity index (χ0) is 26.4. The van der Waals surface area contributed by atoms with Crippen LogP contribution in [0.4, 0.5) is 0 Å². The van der Waals surface area contributed by atoms with Crippen molar-refractivity contribution in [2.45, 2.75) is 26.2 Å². The molecule has 37 heavy (non-hydrogen) atoms. The molecule has 1 aliphatic rings. The lowest BCUT2D eigenvalue weighted by atomic mass is 9.83. The molecule has 1 atom stereocenters. The highest BCUT2D eigenvalue weighted by molar-refractivity contribution is 5.75. The van der Waals surface area contributed by atoms with Gasteiger partial charge in [0, 0.05) is 11.6 Å². The number of carbonyl (C=O) groups excluding carboxylic acids is 1. The number of carbonyl (C=O) groups is 1. The molecule has 0 aromatic heterocycles. The fourth-order valence-corrected chi connectivity index (χ4v) is 4.17. The Morgan fingerprint density at radius 1 is 0.973 bits per heavy atom. The van der Waals surface area contributed by atoms with Gasteiger partial charge in [0.15, 0.2) is 11.5 Å². The first kappa shape index (κ1) is 25.5. The van der Waals surface area contributed by atoms with E-state index in [1.807, 2.05) is 44.2 Å². The summed E-state index contributed by atoms with van der Waals surface area (Å²) in [6.07, 6.45) is 0.0948. The van der Waals surface area contributed by atoms with Crippen molar-refractivity contribution in [2.75, 3.05) is 20.3 Å². The standard InChI is InChI=1S/C29H28N2O6/c1-4-34-24-13-8-19(15-26(24)35-5-2)28-22-12-11-21(16-25(22)37-29(31)23(28)17-30)36-27(32)14-18-6-9-20(33-3)10-7-18/h6-13,15-16,28H,4-5,14,31H2,1-3H3. The van der Waals surface area contributed by atoms with E-state index in [1.165, 1.54) is 0 Å². The van der Waals surface area contributed by atoms with Crippen molar-refractivity contribution >= 4 is 5.97 Å². The van der Waals surface area contributed by atoms with Gasteiger partial charge in [-0.25, -0.2) is 0 Å². The molecule has 0 saturated carbocycles. The first-order valence-corrected chi connectivity index (χ1v) is 11.9. The first-order valence-electron chi connectivity index (χ1n) is 11.9. The van der Waals surface area contributed by atoms with Crippen LogP contribution in [0, 0.1) is 11.3 Å². The third kappa shape index (κ3) is 5.62. The van der Waals surface area contributed by atoms with E-state index in [0.29, 0.717) is 47.5 Å². The average molecular weight is 501 g/mol. The Morgan fingerprint density at radius 2 is 1.68 bits per heavy atom.